The second-order valence-corrected chi connectivity index (χ2v) is 2.52. The minimum atomic E-state index is 0.0210. The maximum atomic E-state index is 8.92. The molecule has 1 aromatic carbocycles. The summed E-state index contributed by atoms with van der Waals surface area (Å²) in [5, 5.41) is 8.92. The molecule has 1 N–H and O–H groups in total. The molecule has 0 atom stereocenters. The van der Waals surface area contributed by atoms with Gasteiger partial charge in [0.2, 0.25) is 0 Å². The Morgan fingerprint density at radius 2 is 2.08 bits per heavy atom. The van der Waals surface area contributed by atoms with Crippen LogP contribution in [0.25, 0.3) is 0 Å². The van der Waals surface area contributed by atoms with Gasteiger partial charge in [-0.15, -0.1) is 11.6 Å². The highest BCUT2D eigenvalue weighted by molar-refractivity contribution is 6.19. The first kappa shape index (κ1) is 9.12. The van der Waals surface area contributed by atoms with Gasteiger partial charge in [-0.2, -0.15) is 0 Å². The van der Waals surface area contributed by atoms with Gasteiger partial charge in [0.1, 0.15) is 0 Å². The number of rotatable bonds is 1. The van der Waals surface area contributed by atoms with Crippen LogP contribution in [-0.2, 0) is 6.61 Å². The summed E-state index contributed by atoms with van der Waals surface area (Å²) in [4.78, 5) is 0. The van der Waals surface area contributed by atoms with Crippen LogP contribution in [-0.4, -0.2) is 11.0 Å². The summed E-state index contributed by atoms with van der Waals surface area (Å²) in [5.41, 5.74) is 1.69. The largest absolute Gasteiger partial charge is 0.392 e. The fraction of sp³-hybridized carbons (Fsp3) is 0.200. The van der Waals surface area contributed by atoms with Crippen LogP contribution in [0.1, 0.15) is 11.1 Å². The molecular formula is C10H9ClO. The minimum absolute atomic E-state index is 0.0210. The van der Waals surface area contributed by atoms with Crippen LogP contribution in [0.5, 0.6) is 0 Å². The molecule has 0 aromatic heterocycles. The van der Waals surface area contributed by atoms with Crippen LogP contribution >= 0.6 is 11.6 Å². The van der Waals surface area contributed by atoms with Crippen LogP contribution in [0.3, 0.4) is 0 Å². The summed E-state index contributed by atoms with van der Waals surface area (Å²) < 4.78 is 0. The number of hydrogen-bond donors (Lipinski definition) is 1. The van der Waals surface area contributed by atoms with Gasteiger partial charge in [0.25, 0.3) is 0 Å². The Hall–Kier alpha value is -0.970. The van der Waals surface area contributed by atoms with Gasteiger partial charge >= 0.3 is 0 Å². The first-order valence-electron chi connectivity index (χ1n) is 3.62. The molecule has 0 aliphatic heterocycles. The molecule has 0 unspecified atom stereocenters. The standard InChI is InChI=1S/C10H9ClO/c11-7-3-6-9-4-1-2-5-10(9)8-12/h1-2,4-5,12H,7-8H2. The molecule has 1 nitrogen and oxygen atoms in total. The summed E-state index contributed by atoms with van der Waals surface area (Å²) >= 11 is 5.41. The fourth-order valence-electron chi connectivity index (χ4n) is 0.909. The van der Waals surface area contributed by atoms with E-state index in [9.17, 15) is 0 Å². The van der Waals surface area contributed by atoms with Gasteiger partial charge in [0.05, 0.1) is 12.5 Å². The summed E-state index contributed by atoms with van der Waals surface area (Å²) in [5.74, 6) is 5.93. The Morgan fingerprint density at radius 1 is 1.33 bits per heavy atom. The van der Waals surface area contributed by atoms with Crippen molar-refractivity contribution < 1.29 is 5.11 Å². The van der Waals surface area contributed by atoms with Crippen molar-refractivity contribution in [1.82, 2.24) is 0 Å². The highest BCUT2D eigenvalue weighted by Gasteiger charge is 1.94. The Kier molecular flexibility index (Phi) is 3.66. The predicted octanol–water partition coefficient (Wildman–Crippen LogP) is 1.77. The van der Waals surface area contributed by atoms with Gasteiger partial charge in [-0.25, -0.2) is 0 Å². The molecule has 0 spiro atoms. The van der Waals surface area contributed by atoms with E-state index in [0.29, 0.717) is 5.88 Å². The van der Waals surface area contributed by atoms with E-state index < -0.39 is 0 Å². The SMILES string of the molecule is OCc1ccccc1C#CCCl. The van der Waals surface area contributed by atoms with Crippen LogP contribution in [0.4, 0.5) is 0 Å². The van der Waals surface area contributed by atoms with Gasteiger partial charge in [-0.3, -0.25) is 0 Å². The number of aliphatic hydroxyl groups is 1. The van der Waals surface area contributed by atoms with Crippen molar-refractivity contribution in [1.29, 1.82) is 0 Å². The Bertz CT molecular complexity index is 309. The quantitative estimate of drug-likeness (QED) is 0.516. The molecule has 2 heteroatoms. The van der Waals surface area contributed by atoms with E-state index in [1.807, 2.05) is 24.3 Å². The van der Waals surface area contributed by atoms with Crippen molar-refractivity contribution in [3.63, 3.8) is 0 Å². The third kappa shape index (κ3) is 2.27. The van der Waals surface area contributed by atoms with E-state index in [1.54, 1.807) is 0 Å². The average Bonchev–Trinajstić information content (AvgIpc) is 2.15. The normalized spacial score (nSPS) is 8.83. The van der Waals surface area contributed by atoms with Gasteiger partial charge in [-0.1, -0.05) is 30.0 Å². The van der Waals surface area contributed by atoms with Gasteiger partial charge in [-0.05, 0) is 11.6 Å². The summed E-state index contributed by atoms with van der Waals surface area (Å²) in [7, 11) is 0. The minimum Gasteiger partial charge on any atom is -0.392 e. The monoisotopic (exact) mass is 180 g/mol. The van der Waals surface area contributed by atoms with Crippen molar-refractivity contribution in [2.24, 2.45) is 0 Å². The van der Waals surface area contributed by atoms with E-state index in [4.69, 9.17) is 16.7 Å². The molecule has 0 radical (unpaired) electrons. The zero-order valence-electron chi connectivity index (χ0n) is 6.55. The molecule has 62 valence electrons. The van der Waals surface area contributed by atoms with Crippen molar-refractivity contribution in [3.05, 3.63) is 35.4 Å². The zero-order chi connectivity index (χ0) is 8.81. The molecule has 1 aromatic rings. The van der Waals surface area contributed by atoms with Crippen LogP contribution in [0.2, 0.25) is 0 Å². The Labute approximate surface area is 77.0 Å². The summed E-state index contributed by atoms with van der Waals surface area (Å²) in [6.07, 6.45) is 0. The molecule has 0 saturated heterocycles. The van der Waals surface area contributed by atoms with Crippen molar-refractivity contribution in [2.45, 2.75) is 6.61 Å². The molecular weight excluding hydrogens is 172 g/mol. The smallest absolute Gasteiger partial charge is 0.0839 e. The highest BCUT2D eigenvalue weighted by Crippen LogP contribution is 2.06. The third-order valence-electron chi connectivity index (χ3n) is 1.48. The first-order valence-corrected chi connectivity index (χ1v) is 4.15. The van der Waals surface area contributed by atoms with E-state index in [0.717, 1.165) is 11.1 Å². The summed E-state index contributed by atoms with van der Waals surface area (Å²) in [6, 6.07) is 7.47. The molecule has 0 saturated carbocycles. The van der Waals surface area contributed by atoms with Crippen LogP contribution < -0.4 is 0 Å². The average molecular weight is 181 g/mol. The number of benzene rings is 1. The third-order valence-corrected chi connectivity index (χ3v) is 1.61. The molecule has 0 aliphatic carbocycles. The van der Waals surface area contributed by atoms with Crippen molar-refractivity contribution >= 4 is 11.6 Å². The van der Waals surface area contributed by atoms with E-state index >= 15 is 0 Å². The lowest BCUT2D eigenvalue weighted by Crippen LogP contribution is -1.87. The highest BCUT2D eigenvalue weighted by atomic mass is 35.5. The fourth-order valence-corrected chi connectivity index (χ4v) is 0.976. The maximum absolute atomic E-state index is 8.92. The second kappa shape index (κ2) is 4.82. The van der Waals surface area contributed by atoms with Crippen LogP contribution in [0.15, 0.2) is 24.3 Å². The lowest BCUT2D eigenvalue weighted by molar-refractivity contribution is 0.281. The molecule has 0 aliphatic rings. The first-order chi connectivity index (χ1) is 5.88. The van der Waals surface area contributed by atoms with Gasteiger partial charge in [0, 0.05) is 5.56 Å². The van der Waals surface area contributed by atoms with Gasteiger partial charge < -0.3 is 5.11 Å². The Balaban J connectivity index is 2.97. The number of hydrogen-bond acceptors (Lipinski definition) is 1. The van der Waals surface area contributed by atoms with Crippen LogP contribution in [0, 0.1) is 11.8 Å². The zero-order valence-corrected chi connectivity index (χ0v) is 7.30. The lowest BCUT2D eigenvalue weighted by atomic mass is 10.1. The topological polar surface area (TPSA) is 20.2 Å². The van der Waals surface area contributed by atoms with Gasteiger partial charge in [0.15, 0.2) is 0 Å². The van der Waals surface area contributed by atoms with E-state index in [1.165, 1.54) is 0 Å². The van der Waals surface area contributed by atoms with E-state index in [-0.39, 0.29) is 6.61 Å². The maximum Gasteiger partial charge on any atom is 0.0839 e. The molecule has 0 heterocycles. The van der Waals surface area contributed by atoms with E-state index in [2.05, 4.69) is 11.8 Å². The van der Waals surface area contributed by atoms with Crippen molar-refractivity contribution in [2.75, 3.05) is 5.88 Å². The molecule has 1 rings (SSSR count). The molecule has 0 bridgehead atoms. The Morgan fingerprint density at radius 3 is 2.75 bits per heavy atom. The molecule has 12 heavy (non-hydrogen) atoms. The number of halogens is 1. The molecule has 0 amide bonds. The summed E-state index contributed by atoms with van der Waals surface area (Å²) in [6.45, 7) is 0.0210. The predicted molar refractivity (Wildman–Crippen MR) is 50.0 cm³/mol. The second-order valence-electron chi connectivity index (χ2n) is 2.25. The molecule has 0 fully saturated rings. The lowest BCUT2D eigenvalue weighted by Gasteiger charge is -1.97. The number of aliphatic hydroxyl groups excluding tert-OH is 1. The van der Waals surface area contributed by atoms with Crippen molar-refractivity contribution in [3.8, 4) is 11.8 Å². The number of alkyl halides is 1.